The average Bonchev–Trinajstić information content (AvgIpc) is 2.75. The Bertz CT molecular complexity index is 1070. The van der Waals surface area contributed by atoms with Crippen LogP contribution in [0.15, 0.2) is 41.3 Å². The van der Waals surface area contributed by atoms with Gasteiger partial charge in [-0.05, 0) is 42.8 Å². The molecule has 1 amide bonds. The van der Waals surface area contributed by atoms with E-state index in [0.29, 0.717) is 31.2 Å². The van der Waals surface area contributed by atoms with Crippen LogP contribution in [-0.4, -0.2) is 62.8 Å². The summed E-state index contributed by atoms with van der Waals surface area (Å²) in [6.45, 7) is 5.88. The molecule has 0 aliphatic carbocycles. The number of rotatable bonds is 6. The van der Waals surface area contributed by atoms with Crippen LogP contribution in [-0.2, 0) is 14.8 Å². The van der Waals surface area contributed by atoms with Crippen molar-refractivity contribution >= 4 is 56.4 Å². The molecule has 168 valence electrons. The predicted molar refractivity (Wildman–Crippen MR) is 126 cm³/mol. The van der Waals surface area contributed by atoms with Crippen LogP contribution in [0.25, 0.3) is 0 Å². The van der Waals surface area contributed by atoms with Gasteiger partial charge in [-0.15, -0.1) is 0 Å². The molecule has 0 N–H and O–H groups in total. The number of hydrogen-bond donors (Lipinski definition) is 0. The number of piperazine rings is 1. The molecule has 2 aromatic rings. The first-order chi connectivity index (χ1) is 14.6. The van der Waals surface area contributed by atoms with Crippen LogP contribution in [0, 0.1) is 6.92 Å². The lowest BCUT2D eigenvalue weighted by molar-refractivity contribution is -0.131. The first-order valence-electron chi connectivity index (χ1n) is 9.87. The van der Waals surface area contributed by atoms with Crippen molar-refractivity contribution in [1.29, 1.82) is 0 Å². The number of benzene rings is 2. The first-order valence-corrected chi connectivity index (χ1v) is 12.4. The number of anilines is 1. The highest BCUT2D eigenvalue weighted by Gasteiger charge is 2.30. The molecule has 2 aromatic carbocycles. The monoisotopic (exact) mass is 503 g/mol. The van der Waals surface area contributed by atoms with E-state index in [2.05, 4.69) is 4.90 Å². The summed E-state index contributed by atoms with van der Waals surface area (Å²) in [4.78, 5) is 16.7. The molecule has 1 fully saturated rings. The van der Waals surface area contributed by atoms with Crippen molar-refractivity contribution in [2.24, 2.45) is 0 Å². The Morgan fingerprint density at radius 1 is 1.00 bits per heavy atom. The van der Waals surface area contributed by atoms with E-state index in [0.717, 1.165) is 15.6 Å². The van der Waals surface area contributed by atoms with E-state index in [1.165, 1.54) is 18.2 Å². The molecule has 0 radical (unpaired) electrons. The van der Waals surface area contributed by atoms with Gasteiger partial charge in [0.05, 0.1) is 11.6 Å². The maximum Gasteiger partial charge on any atom is 0.245 e. The standard InChI is InChI=1S/C21H24Cl3N3O3S/c1-3-27(31(29,30)20-13-17(23)6-7-18(20)24)14-21(28)26-10-8-25(9-11-26)19-12-16(22)5-4-15(19)2/h4-7,12-13H,3,8-11,14H2,1-2H3. The molecule has 3 rings (SSSR count). The van der Waals surface area contributed by atoms with Crippen molar-refractivity contribution in [2.75, 3.05) is 44.2 Å². The Hall–Kier alpha value is -1.51. The molecule has 10 heteroatoms. The van der Waals surface area contributed by atoms with E-state index >= 15 is 0 Å². The summed E-state index contributed by atoms with van der Waals surface area (Å²) in [5.41, 5.74) is 2.17. The second-order valence-electron chi connectivity index (χ2n) is 7.30. The van der Waals surface area contributed by atoms with Gasteiger partial charge in [0, 0.05) is 48.5 Å². The van der Waals surface area contributed by atoms with Gasteiger partial charge in [0.15, 0.2) is 0 Å². The zero-order valence-corrected chi connectivity index (χ0v) is 20.4. The molecule has 0 aromatic heterocycles. The van der Waals surface area contributed by atoms with Gasteiger partial charge in [-0.2, -0.15) is 4.31 Å². The van der Waals surface area contributed by atoms with E-state index in [-0.39, 0.29) is 33.9 Å². The summed E-state index contributed by atoms with van der Waals surface area (Å²) in [6.07, 6.45) is 0. The predicted octanol–water partition coefficient (Wildman–Crippen LogP) is 4.31. The van der Waals surface area contributed by atoms with Gasteiger partial charge < -0.3 is 9.80 Å². The smallest absolute Gasteiger partial charge is 0.245 e. The second kappa shape index (κ2) is 9.96. The van der Waals surface area contributed by atoms with Gasteiger partial charge in [0.25, 0.3) is 0 Å². The SMILES string of the molecule is CCN(CC(=O)N1CCN(c2cc(Cl)ccc2C)CC1)S(=O)(=O)c1cc(Cl)ccc1Cl. The molecule has 0 spiro atoms. The second-order valence-corrected chi connectivity index (χ2v) is 10.5. The summed E-state index contributed by atoms with van der Waals surface area (Å²) in [6, 6.07) is 10.0. The zero-order chi connectivity index (χ0) is 22.8. The van der Waals surface area contributed by atoms with Crippen molar-refractivity contribution < 1.29 is 13.2 Å². The lowest BCUT2D eigenvalue weighted by Gasteiger charge is -2.37. The average molecular weight is 505 g/mol. The molecule has 0 unspecified atom stereocenters. The topological polar surface area (TPSA) is 60.9 Å². The number of carbonyl (C=O) groups is 1. The minimum Gasteiger partial charge on any atom is -0.368 e. The molecule has 6 nitrogen and oxygen atoms in total. The van der Waals surface area contributed by atoms with Crippen LogP contribution in [0.3, 0.4) is 0 Å². The van der Waals surface area contributed by atoms with Gasteiger partial charge >= 0.3 is 0 Å². The number of sulfonamides is 1. The Morgan fingerprint density at radius 2 is 1.61 bits per heavy atom. The highest BCUT2D eigenvalue weighted by Crippen LogP contribution is 2.28. The summed E-state index contributed by atoms with van der Waals surface area (Å²) in [5.74, 6) is -0.244. The van der Waals surface area contributed by atoms with Crippen LogP contribution in [0.4, 0.5) is 5.69 Å². The van der Waals surface area contributed by atoms with Crippen molar-refractivity contribution in [3.63, 3.8) is 0 Å². The normalized spacial score (nSPS) is 14.9. The van der Waals surface area contributed by atoms with Gasteiger partial charge in [0.2, 0.25) is 15.9 Å². The van der Waals surface area contributed by atoms with E-state index in [1.807, 2.05) is 25.1 Å². The molecular weight excluding hydrogens is 481 g/mol. The first kappa shape index (κ1) is 24.1. The number of aryl methyl sites for hydroxylation is 1. The van der Waals surface area contributed by atoms with Crippen LogP contribution in [0.1, 0.15) is 12.5 Å². The van der Waals surface area contributed by atoms with Crippen LogP contribution in [0.5, 0.6) is 0 Å². The Kier molecular flexibility index (Phi) is 7.76. The van der Waals surface area contributed by atoms with Gasteiger partial charge in [-0.25, -0.2) is 8.42 Å². The van der Waals surface area contributed by atoms with Gasteiger partial charge in [-0.1, -0.05) is 47.8 Å². The van der Waals surface area contributed by atoms with Crippen LogP contribution in [0.2, 0.25) is 15.1 Å². The van der Waals surface area contributed by atoms with Crippen molar-refractivity contribution in [3.05, 3.63) is 57.0 Å². The number of amides is 1. The third kappa shape index (κ3) is 5.46. The molecule has 0 saturated carbocycles. The zero-order valence-electron chi connectivity index (χ0n) is 17.3. The van der Waals surface area contributed by atoms with E-state index in [9.17, 15) is 13.2 Å². The van der Waals surface area contributed by atoms with Gasteiger partial charge in [0.1, 0.15) is 4.90 Å². The quantitative estimate of drug-likeness (QED) is 0.588. The number of nitrogens with zero attached hydrogens (tertiary/aromatic N) is 3. The summed E-state index contributed by atoms with van der Waals surface area (Å²) in [7, 11) is -3.96. The van der Waals surface area contributed by atoms with Crippen molar-refractivity contribution in [1.82, 2.24) is 9.21 Å². The fourth-order valence-corrected chi connectivity index (χ4v) is 5.85. The van der Waals surface area contributed by atoms with Gasteiger partial charge in [-0.3, -0.25) is 4.79 Å². The number of halogens is 3. The Labute approximate surface area is 198 Å². The summed E-state index contributed by atoms with van der Waals surface area (Å²) >= 11 is 18.2. The maximum absolute atomic E-state index is 13.1. The highest BCUT2D eigenvalue weighted by atomic mass is 35.5. The molecule has 0 atom stereocenters. The lowest BCUT2D eigenvalue weighted by Crippen LogP contribution is -2.52. The minimum atomic E-state index is -3.96. The highest BCUT2D eigenvalue weighted by molar-refractivity contribution is 7.89. The molecule has 0 bridgehead atoms. The number of likely N-dealkylation sites (N-methyl/N-ethyl adjacent to an activating group) is 1. The fourth-order valence-electron chi connectivity index (χ4n) is 3.55. The molecule has 1 saturated heterocycles. The third-order valence-electron chi connectivity index (χ3n) is 5.32. The molecular formula is C21H24Cl3N3O3S. The largest absolute Gasteiger partial charge is 0.368 e. The molecule has 1 aliphatic heterocycles. The number of carbonyl (C=O) groups excluding carboxylic acids is 1. The fraction of sp³-hybridized carbons (Fsp3) is 0.381. The summed E-state index contributed by atoms with van der Waals surface area (Å²) in [5, 5.41) is 1.00. The molecule has 31 heavy (non-hydrogen) atoms. The Balaban J connectivity index is 1.68. The van der Waals surface area contributed by atoms with Crippen molar-refractivity contribution in [3.8, 4) is 0 Å². The third-order valence-corrected chi connectivity index (χ3v) is 8.19. The Morgan fingerprint density at radius 3 is 2.26 bits per heavy atom. The number of hydrogen-bond acceptors (Lipinski definition) is 4. The lowest BCUT2D eigenvalue weighted by atomic mass is 10.1. The van der Waals surface area contributed by atoms with E-state index in [1.54, 1.807) is 11.8 Å². The van der Waals surface area contributed by atoms with E-state index < -0.39 is 10.0 Å². The maximum atomic E-state index is 13.1. The van der Waals surface area contributed by atoms with Crippen LogP contribution >= 0.6 is 34.8 Å². The van der Waals surface area contributed by atoms with Crippen molar-refractivity contribution in [2.45, 2.75) is 18.7 Å². The summed E-state index contributed by atoms with van der Waals surface area (Å²) < 4.78 is 27.2. The molecule has 1 heterocycles. The minimum absolute atomic E-state index is 0.0702. The van der Waals surface area contributed by atoms with Crippen LogP contribution < -0.4 is 4.90 Å². The molecule has 1 aliphatic rings. The van der Waals surface area contributed by atoms with E-state index in [4.69, 9.17) is 34.8 Å².